The number of piperazine rings is 1. The van der Waals surface area contributed by atoms with E-state index in [1.807, 2.05) is 24.4 Å². The van der Waals surface area contributed by atoms with Crippen LogP contribution in [-0.2, 0) is 11.2 Å². The molecule has 2 aromatic rings. The number of carbonyl (C=O) groups excluding carboxylic acids is 1. The topological polar surface area (TPSA) is 70.4 Å². The van der Waals surface area contributed by atoms with E-state index in [0.717, 1.165) is 55.5 Å². The molecule has 0 bridgehead atoms. The summed E-state index contributed by atoms with van der Waals surface area (Å²) in [6, 6.07) is 3.93. The molecule has 0 spiro atoms. The van der Waals surface area contributed by atoms with Gasteiger partial charge in [-0.15, -0.1) is 36.2 Å². The number of carbonyl (C=O) groups is 1. The summed E-state index contributed by atoms with van der Waals surface area (Å²) in [6.07, 6.45) is 1.25. The first-order valence-corrected chi connectivity index (χ1v) is 9.30. The second kappa shape index (κ2) is 11.6. The SMILES string of the molecule is Cc1oc(-c2cccs2)nc1CC(=O)NCCCN1CCNCC1.Cl.Cl. The van der Waals surface area contributed by atoms with E-state index >= 15 is 0 Å². The Morgan fingerprint density at radius 1 is 1.38 bits per heavy atom. The van der Waals surface area contributed by atoms with E-state index < -0.39 is 0 Å². The average molecular weight is 421 g/mol. The number of rotatable bonds is 7. The van der Waals surface area contributed by atoms with Crippen molar-refractivity contribution >= 4 is 42.1 Å². The van der Waals surface area contributed by atoms with Crippen LogP contribution in [0.4, 0.5) is 0 Å². The van der Waals surface area contributed by atoms with Gasteiger partial charge in [-0.2, -0.15) is 0 Å². The Hall–Kier alpha value is -1.12. The van der Waals surface area contributed by atoms with Gasteiger partial charge in [0.05, 0.1) is 17.0 Å². The van der Waals surface area contributed by atoms with Crippen LogP contribution in [0.15, 0.2) is 21.9 Å². The Balaban J connectivity index is 0.00000169. The molecule has 0 saturated carbocycles. The Kier molecular flexibility index (Phi) is 10.2. The van der Waals surface area contributed by atoms with Crippen LogP contribution in [0.2, 0.25) is 0 Å². The maximum atomic E-state index is 12.1. The normalized spacial score (nSPS) is 14.3. The number of amides is 1. The van der Waals surface area contributed by atoms with Gasteiger partial charge in [-0.25, -0.2) is 4.98 Å². The number of oxazole rings is 1. The second-order valence-electron chi connectivity index (χ2n) is 5.97. The third kappa shape index (κ3) is 6.55. The fourth-order valence-electron chi connectivity index (χ4n) is 2.78. The molecule has 9 heteroatoms. The number of aryl methyl sites for hydroxylation is 1. The van der Waals surface area contributed by atoms with Crippen molar-refractivity contribution in [1.29, 1.82) is 0 Å². The van der Waals surface area contributed by atoms with Crippen molar-refractivity contribution in [2.24, 2.45) is 0 Å². The lowest BCUT2D eigenvalue weighted by atomic mass is 10.2. The number of thiophene rings is 1. The molecule has 3 rings (SSSR count). The smallest absolute Gasteiger partial charge is 0.236 e. The third-order valence-electron chi connectivity index (χ3n) is 4.14. The van der Waals surface area contributed by atoms with Crippen LogP contribution in [-0.4, -0.2) is 55.1 Å². The van der Waals surface area contributed by atoms with E-state index in [-0.39, 0.29) is 37.1 Å². The van der Waals surface area contributed by atoms with E-state index in [1.165, 1.54) is 0 Å². The second-order valence-corrected chi connectivity index (χ2v) is 6.92. The van der Waals surface area contributed by atoms with Gasteiger partial charge in [-0.05, 0) is 31.3 Å². The molecular formula is C17H26Cl2N4O2S. The van der Waals surface area contributed by atoms with Crippen molar-refractivity contribution in [3.8, 4) is 10.8 Å². The molecule has 2 N–H and O–H groups in total. The van der Waals surface area contributed by atoms with Gasteiger partial charge in [0.2, 0.25) is 11.8 Å². The maximum Gasteiger partial charge on any atom is 0.236 e. The van der Waals surface area contributed by atoms with Gasteiger partial charge in [0.1, 0.15) is 5.76 Å². The molecule has 0 unspecified atom stereocenters. The van der Waals surface area contributed by atoms with E-state index in [2.05, 4.69) is 20.5 Å². The lowest BCUT2D eigenvalue weighted by Gasteiger charge is -2.27. The zero-order valence-electron chi connectivity index (χ0n) is 14.8. The molecule has 0 atom stereocenters. The predicted octanol–water partition coefficient (Wildman–Crippen LogP) is 2.51. The average Bonchev–Trinajstić information content (AvgIpc) is 3.23. The lowest BCUT2D eigenvalue weighted by molar-refractivity contribution is -0.120. The number of hydrogen-bond donors (Lipinski definition) is 2. The summed E-state index contributed by atoms with van der Waals surface area (Å²) in [4.78, 5) is 20.0. The summed E-state index contributed by atoms with van der Waals surface area (Å²) in [5.74, 6) is 1.32. The minimum Gasteiger partial charge on any atom is -0.440 e. The molecule has 1 amide bonds. The minimum atomic E-state index is 0. The highest BCUT2D eigenvalue weighted by atomic mass is 35.5. The Morgan fingerprint density at radius 2 is 2.15 bits per heavy atom. The number of nitrogens with one attached hydrogen (secondary N) is 2. The molecule has 0 aromatic carbocycles. The highest BCUT2D eigenvalue weighted by Crippen LogP contribution is 2.25. The highest BCUT2D eigenvalue weighted by molar-refractivity contribution is 7.13. The molecular weight excluding hydrogens is 395 g/mol. The molecule has 146 valence electrons. The number of aromatic nitrogens is 1. The van der Waals surface area contributed by atoms with Crippen LogP contribution in [0.5, 0.6) is 0 Å². The molecule has 1 saturated heterocycles. The zero-order valence-corrected chi connectivity index (χ0v) is 17.3. The fourth-order valence-corrected chi connectivity index (χ4v) is 3.43. The molecule has 6 nitrogen and oxygen atoms in total. The predicted molar refractivity (Wildman–Crippen MR) is 110 cm³/mol. The van der Waals surface area contributed by atoms with Gasteiger partial charge in [-0.1, -0.05) is 6.07 Å². The summed E-state index contributed by atoms with van der Waals surface area (Å²) in [5, 5.41) is 8.31. The van der Waals surface area contributed by atoms with Crippen LogP contribution >= 0.6 is 36.2 Å². The molecule has 2 aromatic heterocycles. The molecule has 1 aliphatic heterocycles. The lowest BCUT2D eigenvalue weighted by Crippen LogP contribution is -2.44. The van der Waals surface area contributed by atoms with E-state index in [9.17, 15) is 4.79 Å². The summed E-state index contributed by atoms with van der Waals surface area (Å²) >= 11 is 1.58. The number of hydrogen-bond acceptors (Lipinski definition) is 6. The van der Waals surface area contributed by atoms with E-state index in [1.54, 1.807) is 11.3 Å². The van der Waals surface area contributed by atoms with Crippen LogP contribution in [0.3, 0.4) is 0 Å². The standard InChI is InChI=1S/C17H24N4O2S.2ClH/c1-13-14(20-17(23-13)15-4-2-11-24-15)12-16(22)19-5-3-8-21-9-6-18-7-10-21;;/h2,4,11,18H,3,5-10,12H2,1H3,(H,19,22);2*1H. The van der Waals surface area contributed by atoms with Crippen molar-refractivity contribution in [2.45, 2.75) is 19.8 Å². The fraction of sp³-hybridized carbons (Fsp3) is 0.529. The van der Waals surface area contributed by atoms with Crippen molar-refractivity contribution in [3.05, 3.63) is 29.0 Å². The van der Waals surface area contributed by atoms with Crippen molar-refractivity contribution in [3.63, 3.8) is 0 Å². The van der Waals surface area contributed by atoms with Crippen LogP contribution in [0, 0.1) is 6.92 Å². The molecule has 26 heavy (non-hydrogen) atoms. The van der Waals surface area contributed by atoms with Gasteiger partial charge in [-0.3, -0.25) is 4.79 Å². The number of halogens is 2. The third-order valence-corrected chi connectivity index (χ3v) is 4.99. The first kappa shape index (κ1) is 22.9. The summed E-state index contributed by atoms with van der Waals surface area (Å²) < 4.78 is 5.67. The van der Waals surface area contributed by atoms with Crippen LogP contribution < -0.4 is 10.6 Å². The zero-order chi connectivity index (χ0) is 16.8. The summed E-state index contributed by atoms with van der Waals surface area (Å²) in [6.45, 7) is 7.91. The Morgan fingerprint density at radius 3 is 2.85 bits per heavy atom. The monoisotopic (exact) mass is 420 g/mol. The van der Waals surface area contributed by atoms with Gasteiger partial charge < -0.3 is 20.0 Å². The van der Waals surface area contributed by atoms with Crippen LogP contribution in [0.1, 0.15) is 17.9 Å². The van der Waals surface area contributed by atoms with Crippen LogP contribution in [0.25, 0.3) is 10.8 Å². The van der Waals surface area contributed by atoms with Crippen molar-refractivity contribution in [2.75, 3.05) is 39.3 Å². The molecule has 0 aliphatic carbocycles. The summed E-state index contributed by atoms with van der Waals surface area (Å²) in [5.41, 5.74) is 0.720. The first-order chi connectivity index (χ1) is 11.7. The number of nitrogens with zero attached hydrogens (tertiary/aromatic N) is 2. The Bertz CT molecular complexity index is 658. The van der Waals surface area contributed by atoms with E-state index in [4.69, 9.17) is 4.42 Å². The van der Waals surface area contributed by atoms with Gasteiger partial charge >= 0.3 is 0 Å². The molecule has 3 heterocycles. The molecule has 0 radical (unpaired) electrons. The van der Waals surface area contributed by atoms with Gasteiger partial charge in [0, 0.05) is 32.7 Å². The Labute approximate surface area is 170 Å². The summed E-state index contributed by atoms with van der Waals surface area (Å²) in [7, 11) is 0. The largest absolute Gasteiger partial charge is 0.440 e. The van der Waals surface area contributed by atoms with Crippen molar-refractivity contribution < 1.29 is 9.21 Å². The highest BCUT2D eigenvalue weighted by Gasteiger charge is 2.15. The minimum absolute atomic E-state index is 0. The maximum absolute atomic E-state index is 12.1. The van der Waals surface area contributed by atoms with E-state index in [0.29, 0.717) is 12.4 Å². The van der Waals surface area contributed by atoms with Crippen molar-refractivity contribution in [1.82, 2.24) is 20.5 Å². The molecule has 1 aliphatic rings. The van der Waals surface area contributed by atoms with Gasteiger partial charge in [0.15, 0.2) is 0 Å². The first-order valence-electron chi connectivity index (χ1n) is 8.42. The molecule has 1 fully saturated rings. The quantitative estimate of drug-likeness (QED) is 0.673. The van der Waals surface area contributed by atoms with Gasteiger partial charge in [0.25, 0.3) is 0 Å².